The first-order chi connectivity index (χ1) is 14.4. The first-order valence-corrected chi connectivity index (χ1v) is 10.5. The molecule has 3 rings (SSSR count). The molecule has 0 aliphatic carbocycles. The maximum absolute atomic E-state index is 11.4. The highest BCUT2D eigenvalue weighted by Gasteiger charge is 2.33. The molecular formula is C20H25N5O4S. The minimum absolute atomic E-state index is 0.00441. The number of nitrogens with two attached hydrogens (primary N) is 1. The van der Waals surface area contributed by atoms with E-state index in [1.54, 1.807) is 6.21 Å². The fourth-order valence-corrected chi connectivity index (χ4v) is 4.65. The first kappa shape index (κ1) is 21.6. The minimum Gasteiger partial charge on any atom is -0.481 e. The lowest BCUT2D eigenvalue weighted by Crippen LogP contribution is -2.51. The van der Waals surface area contributed by atoms with Gasteiger partial charge in [0.1, 0.15) is 0 Å². The number of aliphatic carboxylic acids is 1. The molecule has 2 heterocycles. The Morgan fingerprint density at radius 1 is 1.37 bits per heavy atom. The van der Waals surface area contributed by atoms with E-state index in [1.807, 2.05) is 41.5 Å². The second-order valence-electron chi connectivity index (χ2n) is 7.26. The van der Waals surface area contributed by atoms with Crippen molar-refractivity contribution < 1.29 is 19.8 Å². The number of rotatable bonds is 7. The number of hydrazone groups is 1. The van der Waals surface area contributed by atoms with Crippen LogP contribution in [0.25, 0.3) is 11.3 Å². The van der Waals surface area contributed by atoms with E-state index in [2.05, 4.69) is 5.10 Å². The number of piperidine rings is 1. The van der Waals surface area contributed by atoms with E-state index >= 15 is 0 Å². The van der Waals surface area contributed by atoms with Gasteiger partial charge in [-0.05, 0) is 25.3 Å². The highest BCUT2D eigenvalue weighted by Crippen LogP contribution is 2.32. The van der Waals surface area contributed by atoms with Gasteiger partial charge in [0, 0.05) is 36.1 Å². The van der Waals surface area contributed by atoms with Crippen molar-refractivity contribution in [2.24, 2.45) is 10.9 Å². The van der Waals surface area contributed by atoms with E-state index < -0.39 is 12.1 Å². The third-order valence-corrected chi connectivity index (χ3v) is 6.15. The molecule has 0 radical (unpaired) electrons. The number of hydrogen-bond acceptors (Lipinski definition) is 7. The van der Waals surface area contributed by atoms with Gasteiger partial charge in [0.15, 0.2) is 5.13 Å². The number of aromatic nitrogens is 1. The normalized spacial score (nSPS) is 19.2. The Balaban J connectivity index is 1.81. The van der Waals surface area contributed by atoms with Gasteiger partial charge in [-0.25, -0.2) is 9.78 Å². The van der Waals surface area contributed by atoms with Crippen molar-refractivity contribution >= 4 is 34.7 Å². The number of anilines is 1. The number of carbonyl (C=O) groups is 2. The van der Waals surface area contributed by atoms with Gasteiger partial charge in [0.25, 0.3) is 0 Å². The van der Waals surface area contributed by atoms with Crippen LogP contribution in [-0.2, 0) is 4.79 Å². The van der Waals surface area contributed by atoms with Crippen LogP contribution in [-0.4, -0.2) is 63.5 Å². The predicted molar refractivity (Wildman–Crippen MR) is 116 cm³/mol. The third kappa shape index (κ3) is 5.07. The van der Waals surface area contributed by atoms with Crippen LogP contribution in [0.3, 0.4) is 0 Å². The molecule has 2 aromatic rings. The van der Waals surface area contributed by atoms with Gasteiger partial charge in [-0.2, -0.15) is 5.10 Å². The van der Waals surface area contributed by atoms with Crippen molar-refractivity contribution in [1.29, 1.82) is 0 Å². The summed E-state index contributed by atoms with van der Waals surface area (Å²) in [7, 11) is 0. The summed E-state index contributed by atoms with van der Waals surface area (Å²) in [6, 6.07) is 7.57. The lowest BCUT2D eigenvalue weighted by Gasteiger charge is -2.41. The molecule has 1 saturated heterocycles. The van der Waals surface area contributed by atoms with E-state index in [9.17, 15) is 19.8 Å². The molecule has 2 atom stereocenters. The summed E-state index contributed by atoms with van der Waals surface area (Å²) >= 11 is 1.47. The Morgan fingerprint density at radius 3 is 2.70 bits per heavy atom. The maximum atomic E-state index is 11.4. The topological polar surface area (TPSA) is 132 Å². The Bertz CT molecular complexity index is 914. The Kier molecular flexibility index (Phi) is 6.88. The molecule has 160 valence electrons. The molecule has 4 N–H and O–H groups in total. The SMILES string of the molecule is CC1CC(N(CCC(=O)O)c2nc(-c3ccc(C=NN)cc3)cs2)CCN1C(=O)O. The number of carboxylic acids is 1. The quantitative estimate of drug-likeness (QED) is 0.349. The maximum Gasteiger partial charge on any atom is 0.407 e. The zero-order chi connectivity index (χ0) is 21.7. The van der Waals surface area contributed by atoms with Crippen LogP contribution in [0.2, 0.25) is 0 Å². The summed E-state index contributed by atoms with van der Waals surface area (Å²) in [5.74, 6) is 4.31. The van der Waals surface area contributed by atoms with E-state index in [4.69, 9.17) is 10.8 Å². The van der Waals surface area contributed by atoms with E-state index in [0.29, 0.717) is 25.9 Å². The van der Waals surface area contributed by atoms with E-state index in [0.717, 1.165) is 22.0 Å². The van der Waals surface area contributed by atoms with Crippen molar-refractivity contribution in [1.82, 2.24) is 9.88 Å². The lowest BCUT2D eigenvalue weighted by atomic mass is 9.97. The summed E-state index contributed by atoms with van der Waals surface area (Å²) in [5, 5.41) is 24.7. The smallest absolute Gasteiger partial charge is 0.407 e. The van der Waals surface area contributed by atoms with Crippen LogP contribution >= 0.6 is 11.3 Å². The molecule has 10 heteroatoms. The van der Waals surface area contributed by atoms with Gasteiger partial charge >= 0.3 is 12.1 Å². The summed E-state index contributed by atoms with van der Waals surface area (Å²) in [6.45, 7) is 2.64. The molecule has 1 aliphatic heterocycles. The average molecular weight is 432 g/mol. The van der Waals surface area contributed by atoms with Gasteiger partial charge in [-0.3, -0.25) is 4.79 Å². The number of carboxylic acid groups (broad SMARTS) is 2. The summed E-state index contributed by atoms with van der Waals surface area (Å²) in [4.78, 5) is 30.8. The third-order valence-electron chi connectivity index (χ3n) is 5.27. The van der Waals surface area contributed by atoms with Crippen LogP contribution < -0.4 is 10.7 Å². The molecule has 1 amide bonds. The summed E-state index contributed by atoms with van der Waals surface area (Å²) in [6.07, 6.45) is 1.91. The second-order valence-corrected chi connectivity index (χ2v) is 8.09. The van der Waals surface area contributed by atoms with Gasteiger partial charge in [-0.15, -0.1) is 11.3 Å². The second kappa shape index (κ2) is 9.57. The molecule has 1 aromatic heterocycles. The Morgan fingerprint density at radius 2 is 2.10 bits per heavy atom. The number of hydrogen-bond donors (Lipinski definition) is 3. The first-order valence-electron chi connectivity index (χ1n) is 9.66. The molecule has 1 aromatic carbocycles. The van der Waals surface area contributed by atoms with Crippen LogP contribution in [0, 0.1) is 0 Å². The van der Waals surface area contributed by atoms with Gasteiger partial charge in [0.2, 0.25) is 0 Å². The van der Waals surface area contributed by atoms with E-state index in [-0.39, 0.29) is 18.5 Å². The zero-order valence-electron chi connectivity index (χ0n) is 16.6. The van der Waals surface area contributed by atoms with Crippen molar-refractivity contribution in [3.05, 3.63) is 35.2 Å². The fraction of sp³-hybridized carbons (Fsp3) is 0.400. The standard InChI is InChI=1S/C20H25N5O4S/c1-13-10-16(6-8-24(13)20(28)29)25(9-7-18(26)27)19-23-17(12-30-19)15-4-2-14(3-5-15)11-22-21/h2-5,11-13,16H,6-10,21H2,1H3,(H,26,27)(H,28,29). The van der Waals surface area contributed by atoms with Crippen LogP contribution in [0.15, 0.2) is 34.7 Å². The Hall–Kier alpha value is -3.14. The average Bonchev–Trinajstić information content (AvgIpc) is 3.18. The largest absolute Gasteiger partial charge is 0.481 e. The number of amides is 1. The molecule has 1 aliphatic rings. The zero-order valence-corrected chi connectivity index (χ0v) is 17.5. The van der Waals surface area contributed by atoms with Crippen LogP contribution in [0.1, 0.15) is 31.7 Å². The number of nitrogens with zero attached hydrogens (tertiary/aromatic N) is 4. The molecule has 2 unspecified atom stereocenters. The fourth-order valence-electron chi connectivity index (χ4n) is 3.72. The molecule has 1 fully saturated rings. The van der Waals surface area contributed by atoms with E-state index in [1.165, 1.54) is 16.2 Å². The molecule has 0 bridgehead atoms. The molecular weight excluding hydrogens is 406 g/mol. The highest BCUT2D eigenvalue weighted by atomic mass is 32.1. The minimum atomic E-state index is -0.919. The van der Waals surface area contributed by atoms with Crippen molar-refractivity contribution in [3.8, 4) is 11.3 Å². The van der Waals surface area contributed by atoms with Gasteiger partial charge in [0.05, 0.1) is 18.3 Å². The van der Waals surface area contributed by atoms with Crippen molar-refractivity contribution in [3.63, 3.8) is 0 Å². The van der Waals surface area contributed by atoms with Crippen molar-refractivity contribution in [2.45, 2.75) is 38.3 Å². The summed E-state index contributed by atoms with van der Waals surface area (Å²) in [5.41, 5.74) is 2.64. The van der Waals surface area contributed by atoms with Gasteiger partial charge in [-0.1, -0.05) is 24.3 Å². The molecule has 30 heavy (non-hydrogen) atoms. The molecule has 9 nitrogen and oxygen atoms in total. The molecule has 0 spiro atoms. The number of benzene rings is 1. The highest BCUT2D eigenvalue weighted by molar-refractivity contribution is 7.14. The number of thiazole rings is 1. The summed E-state index contributed by atoms with van der Waals surface area (Å²) < 4.78 is 0. The predicted octanol–water partition coefficient (Wildman–Crippen LogP) is 2.91. The lowest BCUT2D eigenvalue weighted by molar-refractivity contribution is -0.136. The number of likely N-dealkylation sites (tertiary alicyclic amines) is 1. The van der Waals surface area contributed by atoms with Gasteiger partial charge < -0.3 is 25.9 Å². The van der Waals surface area contributed by atoms with Crippen LogP contribution in [0.4, 0.5) is 9.93 Å². The monoisotopic (exact) mass is 431 g/mol. The van der Waals surface area contributed by atoms with Crippen LogP contribution in [0.5, 0.6) is 0 Å². The Labute approximate surface area is 178 Å². The molecule has 0 saturated carbocycles. The van der Waals surface area contributed by atoms with Crippen molar-refractivity contribution in [2.75, 3.05) is 18.0 Å².